The molecule has 158 valence electrons. The molecule has 0 aliphatic heterocycles. The van der Waals surface area contributed by atoms with Gasteiger partial charge in [0.15, 0.2) is 11.1 Å². The molecule has 0 aliphatic rings. The number of fused-ring (bicyclic) bond motifs is 1. The predicted molar refractivity (Wildman–Crippen MR) is 125 cm³/mol. The third kappa shape index (κ3) is 4.98. The lowest BCUT2D eigenvalue weighted by Gasteiger charge is -2.16. The highest BCUT2D eigenvalue weighted by Crippen LogP contribution is 2.30. The molecule has 6 nitrogen and oxygen atoms in total. The maximum absolute atomic E-state index is 12.6. The Morgan fingerprint density at radius 3 is 2.74 bits per heavy atom. The number of rotatable bonds is 7. The number of nitrogens with zero attached hydrogens (tertiary/aromatic N) is 2. The quantitative estimate of drug-likeness (QED) is 0.410. The number of aromatic nitrogens is 2. The van der Waals surface area contributed by atoms with Crippen molar-refractivity contribution in [2.24, 2.45) is 0 Å². The standard InChI is InChI=1S/C23H21N3O3S2/c1-15-13-31-23-24-17(12-21(27)26(15)23)14-30-20-11-7-6-10-19(20)25-22(28)16(2)29-18-8-4-3-5-9-18/h3-13,16H,14H2,1-2H3,(H,25,28). The third-order valence-corrected chi connectivity index (χ3v) is 6.63. The number of carbonyl (C=O) groups excluding carboxylic acids is 1. The van der Waals surface area contributed by atoms with Gasteiger partial charge in [-0.25, -0.2) is 4.98 Å². The minimum Gasteiger partial charge on any atom is -0.481 e. The van der Waals surface area contributed by atoms with Crippen molar-refractivity contribution >= 4 is 39.7 Å². The smallest absolute Gasteiger partial charge is 0.265 e. The van der Waals surface area contributed by atoms with E-state index in [1.807, 2.05) is 66.9 Å². The monoisotopic (exact) mass is 451 g/mol. The van der Waals surface area contributed by atoms with E-state index in [0.717, 1.165) is 10.6 Å². The number of thiazole rings is 1. The number of carbonyl (C=O) groups is 1. The summed E-state index contributed by atoms with van der Waals surface area (Å²) in [5.74, 6) is 0.930. The molecule has 1 amide bonds. The van der Waals surface area contributed by atoms with Crippen molar-refractivity contribution in [1.82, 2.24) is 9.38 Å². The van der Waals surface area contributed by atoms with Gasteiger partial charge in [-0.1, -0.05) is 30.3 Å². The summed E-state index contributed by atoms with van der Waals surface area (Å²) in [6.45, 7) is 3.61. The molecule has 2 heterocycles. The molecule has 8 heteroatoms. The maximum atomic E-state index is 12.6. The summed E-state index contributed by atoms with van der Waals surface area (Å²) in [6, 6.07) is 18.4. The summed E-state index contributed by atoms with van der Waals surface area (Å²) < 4.78 is 7.32. The molecule has 1 atom stereocenters. The summed E-state index contributed by atoms with van der Waals surface area (Å²) in [7, 11) is 0. The van der Waals surface area contributed by atoms with Crippen LogP contribution in [0.25, 0.3) is 4.96 Å². The van der Waals surface area contributed by atoms with Gasteiger partial charge in [0.2, 0.25) is 0 Å². The van der Waals surface area contributed by atoms with Crippen molar-refractivity contribution in [1.29, 1.82) is 0 Å². The molecule has 2 aromatic carbocycles. The lowest BCUT2D eigenvalue weighted by molar-refractivity contribution is -0.122. The average Bonchev–Trinajstić information content (AvgIpc) is 3.15. The number of hydrogen-bond donors (Lipinski definition) is 1. The van der Waals surface area contributed by atoms with E-state index in [4.69, 9.17) is 4.74 Å². The normalized spacial score (nSPS) is 11.9. The van der Waals surface area contributed by atoms with E-state index in [2.05, 4.69) is 10.3 Å². The van der Waals surface area contributed by atoms with E-state index in [0.29, 0.717) is 27.8 Å². The molecular formula is C23H21N3O3S2. The van der Waals surface area contributed by atoms with Crippen LogP contribution in [0, 0.1) is 6.92 Å². The molecule has 2 aromatic heterocycles. The van der Waals surface area contributed by atoms with E-state index in [9.17, 15) is 9.59 Å². The fourth-order valence-corrected chi connectivity index (χ4v) is 4.80. The van der Waals surface area contributed by atoms with Gasteiger partial charge in [0.1, 0.15) is 5.75 Å². The molecule has 0 fully saturated rings. The Kier molecular flexibility index (Phi) is 6.39. The first-order chi connectivity index (χ1) is 15.0. The number of amides is 1. The minimum atomic E-state index is -0.647. The number of anilines is 1. The molecule has 0 saturated carbocycles. The summed E-state index contributed by atoms with van der Waals surface area (Å²) in [5.41, 5.74) is 2.22. The molecule has 4 aromatic rings. The zero-order valence-electron chi connectivity index (χ0n) is 17.1. The number of benzene rings is 2. The van der Waals surface area contributed by atoms with Crippen LogP contribution in [0.1, 0.15) is 18.3 Å². The minimum absolute atomic E-state index is 0.0761. The van der Waals surface area contributed by atoms with Crippen molar-refractivity contribution < 1.29 is 9.53 Å². The van der Waals surface area contributed by atoms with E-state index in [1.54, 1.807) is 17.4 Å². The molecule has 1 N–H and O–H groups in total. The van der Waals surface area contributed by atoms with Crippen molar-refractivity contribution in [2.45, 2.75) is 30.6 Å². The first kappa shape index (κ1) is 21.1. The highest BCUT2D eigenvalue weighted by atomic mass is 32.2. The van der Waals surface area contributed by atoms with Gasteiger partial charge in [-0.2, -0.15) is 0 Å². The first-order valence-electron chi connectivity index (χ1n) is 9.72. The zero-order chi connectivity index (χ0) is 21.8. The Hall–Kier alpha value is -3.10. The summed E-state index contributed by atoms with van der Waals surface area (Å²) in [6.07, 6.45) is -0.647. The molecule has 0 radical (unpaired) electrons. The van der Waals surface area contributed by atoms with Crippen LogP contribution in [0.5, 0.6) is 5.75 Å². The van der Waals surface area contributed by atoms with Crippen molar-refractivity contribution in [3.05, 3.63) is 87.8 Å². The topological polar surface area (TPSA) is 72.7 Å². The molecule has 0 saturated heterocycles. The molecule has 1 unspecified atom stereocenters. The SMILES string of the molecule is Cc1csc2nc(CSc3ccccc3NC(=O)C(C)Oc3ccccc3)cc(=O)n12. The Labute approximate surface area is 187 Å². The lowest BCUT2D eigenvalue weighted by atomic mass is 10.3. The molecule has 4 rings (SSSR count). The van der Waals surface area contributed by atoms with Gasteiger partial charge < -0.3 is 10.1 Å². The number of aryl methyl sites for hydroxylation is 1. The van der Waals surface area contributed by atoms with Crippen LogP contribution in [0.4, 0.5) is 5.69 Å². The second-order valence-corrected chi connectivity index (χ2v) is 8.78. The van der Waals surface area contributed by atoms with Crippen LogP contribution < -0.4 is 15.6 Å². The van der Waals surface area contributed by atoms with Crippen LogP contribution in [0.2, 0.25) is 0 Å². The van der Waals surface area contributed by atoms with Gasteiger partial charge >= 0.3 is 0 Å². The second kappa shape index (κ2) is 9.36. The summed E-state index contributed by atoms with van der Waals surface area (Å²) in [4.78, 5) is 31.2. The number of nitrogens with one attached hydrogen (secondary N) is 1. The fourth-order valence-electron chi connectivity index (χ4n) is 3.01. The Bertz CT molecular complexity index is 1270. The predicted octanol–water partition coefficient (Wildman–Crippen LogP) is 4.76. The van der Waals surface area contributed by atoms with E-state index >= 15 is 0 Å². The second-order valence-electron chi connectivity index (χ2n) is 6.93. The van der Waals surface area contributed by atoms with Gasteiger partial charge in [-0.05, 0) is 38.1 Å². The number of thioether (sulfide) groups is 1. The molecular weight excluding hydrogens is 430 g/mol. The van der Waals surface area contributed by atoms with Crippen molar-refractivity contribution in [2.75, 3.05) is 5.32 Å². The van der Waals surface area contributed by atoms with Crippen molar-refractivity contribution in [3.63, 3.8) is 0 Å². The Balaban J connectivity index is 1.45. The first-order valence-corrected chi connectivity index (χ1v) is 11.6. The van der Waals surface area contributed by atoms with Crippen LogP contribution in [0.3, 0.4) is 0 Å². The van der Waals surface area contributed by atoms with Gasteiger partial charge in [-0.15, -0.1) is 23.1 Å². The molecule has 0 bridgehead atoms. The van der Waals surface area contributed by atoms with E-state index in [-0.39, 0.29) is 11.5 Å². The summed E-state index contributed by atoms with van der Waals surface area (Å²) >= 11 is 2.97. The largest absolute Gasteiger partial charge is 0.481 e. The van der Waals surface area contributed by atoms with Gasteiger partial charge in [0.05, 0.1) is 11.4 Å². The van der Waals surface area contributed by atoms with E-state index in [1.165, 1.54) is 23.1 Å². The summed E-state index contributed by atoms with van der Waals surface area (Å²) in [5, 5.41) is 4.86. The van der Waals surface area contributed by atoms with Crippen LogP contribution in [0.15, 0.2) is 75.7 Å². The maximum Gasteiger partial charge on any atom is 0.265 e. The molecule has 31 heavy (non-hydrogen) atoms. The third-order valence-electron chi connectivity index (χ3n) is 4.57. The number of hydrogen-bond acceptors (Lipinski definition) is 6. The van der Waals surface area contributed by atoms with E-state index < -0.39 is 6.10 Å². The fraction of sp³-hybridized carbons (Fsp3) is 0.174. The van der Waals surface area contributed by atoms with Gasteiger partial charge in [0, 0.05) is 27.8 Å². The number of para-hydroxylation sites is 2. The molecule has 0 aliphatic carbocycles. The lowest BCUT2D eigenvalue weighted by Crippen LogP contribution is -2.30. The average molecular weight is 452 g/mol. The zero-order valence-corrected chi connectivity index (χ0v) is 18.7. The van der Waals surface area contributed by atoms with Crippen LogP contribution in [-0.4, -0.2) is 21.4 Å². The number of ether oxygens (including phenoxy) is 1. The van der Waals surface area contributed by atoms with Crippen molar-refractivity contribution in [3.8, 4) is 5.75 Å². The highest BCUT2D eigenvalue weighted by molar-refractivity contribution is 7.98. The Morgan fingerprint density at radius 1 is 1.19 bits per heavy atom. The Morgan fingerprint density at radius 2 is 1.94 bits per heavy atom. The molecule has 0 spiro atoms. The van der Waals surface area contributed by atoms with Gasteiger partial charge in [0.25, 0.3) is 11.5 Å². The van der Waals surface area contributed by atoms with Crippen LogP contribution in [-0.2, 0) is 10.5 Å². The van der Waals surface area contributed by atoms with Crippen LogP contribution >= 0.6 is 23.1 Å². The highest BCUT2D eigenvalue weighted by Gasteiger charge is 2.16. The van der Waals surface area contributed by atoms with Gasteiger partial charge in [-0.3, -0.25) is 14.0 Å².